The van der Waals surface area contributed by atoms with Crippen molar-refractivity contribution in [1.82, 2.24) is 0 Å². The van der Waals surface area contributed by atoms with Crippen molar-refractivity contribution < 1.29 is 31.9 Å². The first-order chi connectivity index (χ1) is 16.9. The van der Waals surface area contributed by atoms with Crippen molar-refractivity contribution in [1.29, 1.82) is 0 Å². The van der Waals surface area contributed by atoms with Crippen molar-refractivity contribution in [3.8, 4) is 0 Å². The number of amides is 1. The summed E-state index contributed by atoms with van der Waals surface area (Å²) in [4.78, 5) is 27.2. The lowest BCUT2D eigenvalue weighted by atomic mass is 10.1. The zero-order valence-electron chi connectivity index (χ0n) is 18.6. The Labute approximate surface area is 202 Å². The second-order valence-corrected chi connectivity index (χ2v) is 10.3. The summed E-state index contributed by atoms with van der Waals surface area (Å²) < 4.78 is 52.4. The Balaban J connectivity index is 1.60. The first-order valence-electron chi connectivity index (χ1n) is 11.2. The number of hydrogen-bond donors (Lipinski definition) is 0. The number of benzene rings is 3. The third kappa shape index (κ3) is 4.33. The average molecular weight is 496 g/mol. The summed E-state index contributed by atoms with van der Waals surface area (Å²) in [6.07, 6.45) is 1.51. The molecular weight excluding hydrogens is 473 g/mol. The third-order valence-corrected chi connectivity index (χ3v) is 8.00. The molecule has 35 heavy (non-hydrogen) atoms. The number of carbonyl (C=O) groups excluding carboxylic acids is 2. The van der Waals surface area contributed by atoms with Crippen molar-refractivity contribution in [3.63, 3.8) is 0 Å². The van der Waals surface area contributed by atoms with E-state index in [1.165, 1.54) is 59.5 Å². The van der Waals surface area contributed by atoms with Gasteiger partial charge in [0.05, 0.1) is 39.3 Å². The van der Waals surface area contributed by atoms with E-state index in [9.17, 15) is 22.4 Å². The highest BCUT2D eigenvalue weighted by Crippen LogP contribution is 2.38. The number of ether oxygens (including phenoxy) is 2. The minimum absolute atomic E-state index is 0.0129. The van der Waals surface area contributed by atoms with Gasteiger partial charge in [-0.15, -0.1) is 0 Å². The average Bonchev–Trinajstić information content (AvgIpc) is 3.38. The van der Waals surface area contributed by atoms with Crippen molar-refractivity contribution in [2.45, 2.75) is 35.3 Å². The van der Waals surface area contributed by atoms with Crippen LogP contribution in [0.15, 0.2) is 76.5 Å². The molecule has 9 heteroatoms. The molecule has 7 nitrogen and oxygen atoms in total. The molecule has 0 saturated carbocycles. The van der Waals surface area contributed by atoms with E-state index in [0.717, 1.165) is 12.8 Å². The van der Waals surface area contributed by atoms with Gasteiger partial charge in [-0.25, -0.2) is 17.6 Å². The SMILES string of the molecule is O=C(OC[C@H]1CCCO1)c1ccc2c(c1)N(Cc1ccccc1F)C(=O)c1ccccc1S2(=O)=O. The van der Waals surface area contributed by atoms with Gasteiger partial charge in [-0.3, -0.25) is 4.79 Å². The second kappa shape index (κ2) is 9.24. The predicted octanol–water partition coefficient (Wildman–Crippen LogP) is 4.15. The molecule has 0 unspecified atom stereocenters. The summed E-state index contributed by atoms with van der Waals surface area (Å²) in [5, 5.41) is 0. The van der Waals surface area contributed by atoms with Gasteiger partial charge in [0, 0.05) is 12.2 Å². The molecule has 0 bridgehead atoms. The number of nitrogens with zero attached hydrogens (tertiary/aromatic N) is 1. The lowest BCUT2D eigenvalue weighted by Crippen LogP contribution is -2.31. The van der Waals surface area contributed by atoms with E-state index in [0.29, 0.717) is 6.61 Å². The Morgan fingerprint density at radius 2 is 1.83 bits per heavy atom. The number of anilines is 1. The third-order valence-electron chi connectivity index (χ3n) is 6.14. The molecule has 2 heterocycles. The molecule has 0 aliphatic carbocycles. The maximum absolute atomic E-state index is 14.5. The molecule has 5 rings (SSSR count). The Morgan fingerprint density at radius 3 is 2.60 bits per heavy atom. The largest absolute Gasteiger partial charge is 0.459 e. The molecule has 180 valence electrons. The smallest absolute Gasteiger partial charge is 0.338 e. The van der Waals surface area contributed by atoms with Crippen LogP contribution >= 0.6 is 0 Å². The maximum atomic E-state index is 14.5. The molecule has 1 saturated heterocycles. The van der Waals surface area contributed by atoms with Gasteiger partial charge in [-0.2, -0.15) is 0 Å². The first kappa shape index (κ1) is 23.2. The topological polar surface area (TPSA) is 90.0 Å². The highest BCUT2D eigenvalue weighted by molar-refractivity contribution is 7.91. The van der Waals surface area contributed by atoms with Crippen molar-refractivity contribution in [2.75, 3.05) is 18.1 Å². The van der Waals surface area contributed by atoms with Crippen LogP contribution in [0.2, 0.25) is 0 Å². The van der Waals surface area contributed by atoms with Gasteiger partial charge in [0.1, 0.15) is 12.4 Å². The summed E-state index contributed by atoms with van der Waals surface area (Å²) >= 11 is 0. The van der Waals surface area contributed by atoms with E-state index in [2.05, 4.69) is 0 Å². The molecule has 3 aromatic carbocycles. The predicted molar refractivity (Wildman–Crippen MR) is 125 cm³/mol. The second-order valence-electron chi connectivity index (χ2n) is 8.40. The molecule has 0 N–H and O–H groups in total. The molecule has 0 aromatic heterocycles. The van der Waals surface area contributed by atoms with Gasteiger partial charge in [0.2, 0.25) is 9.84 Å². The fourth-order valence-corrected chi connectivity index (χ4v) is 5.95. The van der Waals surface area contributed by atoms with Gasteiger partial charge in [-0.05, 0) is 49.2 Å². The number of carbonyl (C=O) groups is 2. The minimum Gasteiger partial charge on any atom is -0.459 e. The van der Waals surface area contributed by atoms with Crippen molar-refractivity contribution in [3.05, 3.63) is 89.2 Å². The zero-order chi connectivity index (χ0) is 24.6. The Hall–Kier alpha value is -3.56. The highest BCUT2D eigenvalue weighted by atomic mass is 32.2. The molecule has 2 aliphatic rings. The number of esters is 1. The van der Waals surface area contributed by atoms with Crippen LogP contribution in [0.25, 0.3) is 0 Å². The lowest BCUT2D eigenvalue weighted by molar-refractivity contribution is 0.0161. The Kier molecular flexibility index (Phi) is 6.12. The molecule has 1 fully saturated rings. The van der Waals surface area contributed by atoms with Crippen molar-refractivity contribution in [2.24, 2.45) is 0 Å². The number of fused-ring (bicyclic) bond motifs is 2. The summed E-state index contributed by atoms with van der Waals surface area (Å²) in [5.41, 5.74) is 0.243. The van der Waals surface area contributed by atoms with E-state index in [1.54, 1.807) is 12.1 Å². The lowest BCUT2D eigenvalue weighted by Gasteiger charge is -2.23. The minimum atomic E-state index is -4.10. The standard InChI is InChI=1S/C26H22FNO6S/c27-21-9-3-1-6-18(21)15-28-22-14-17(26(30)34-16-19-7-5-13-33-19)11-12-24(22)35(31,32)23-10-4-2-8-20(23)25(28)29/h1-4,6,8-12,14,19H,5,7,13,15-16H2/t19-/m1/s1. The summed E-state index contributed by atoms with van der Waals surface area (Å²) in [5.74, 6) is -1.81. The van der Waals surface area contributed by atoms with Crippen LogP contribution in [0, 0.1) is 5.82 Å². The van der Waals surface area contributed by atoms with Gasteiger partial charge in [0.15, 0.2) is 0 Å². The van der Waals surface area contributed by atoms with E-state index in [-0.39, 0.29) is 51.4 Å². The normalized spacial score (nSPS) is 18.5. The summed E-state index contributed by atoms with van der Waals surface area (Å²) in [6.45, 7) is 0.473. The first-order valence-corrected chi connectivity index (χ1v) is 12.7. The van der Waals surface area contributed by atoms with Gasteiger partial charge in [-0.1, -0.05) is 30.3 Å². The van der Waals surface area contributed by atoms with E-state index >= 15 is 0 Å². The Bertz CT molecular complexity index is 1410. The van der Waals surface area contributed by atoms with E-state index in [1.807, 2.05) is 0 Å². The van der Waals surface area contributed by atoms with Gasteiger partial charge >= 0.3 is 5.97 Å². The monoisotopic (exact) mass is 495 g/mol. The van der Waals surface area contributed by atoms with Crippen LogP contribution < -0.4 is 4.90 Å². The summed E-state index contributed by atoms with van der Waals surface area (Å²) in [6, 6.07) is 15.8. The van der Waals surface area contributed by atoms with Crippen molar-refractivity contribution >= 4 is 27.4 Å². The maximum Gasteiger partial charge on any atom is 0.338 e. The highest BCUT2D eigenvalue weighted by Gasteiger charge is 2.36. The molecule has 3 aromatic rings. The van der Waals surface area contributed by atoms with E-state index in [4.69, 9.17) is 9.47 Å². The van der Waals surface area contributed by atoms with Crippen LogP contribution in [0.1, 0.15) is 39.1 Å². The van der Waals surface area contributed by atoms with Crippen LogP contribution in [-0.2, 0) is 25.9 Å². The number of sulfone groups is 1. The van der Waals surface area contributed by atoms with Crippen LogP contribution in [-0.4, -0.2) is 39.6 Å². The molecule has 1 atom stereocenters. The number of rotatable bonds is 5. The van der Waals surface area contributed by atoms with Gasteiger partial charge in [0.25, 0.3) is 5.91 Å². The van der Waals surface area contributed by atoms with Crippen LogP contribution in [0.5, 0.6) is 0 Å². The number of halogens is 1. The number of hydrogen-bond acceptors (Lipinski definition) is 6. The zero-order valence-corrected chi connectivity index (χ0v) is 19.5. The molecule has 1 amide bonds. The molecule has 0 spiro atoms. The summed E-state index contributed by atoms with van der Waals surface area (Å²) in [7, 11) is -4.10. The molecular formula is C26H22FNO6S. The van der Waals surface area contributed by atoms with Crippen LogP contribution in [0.3, 0.4) is 0 Å². The molecule has 2 aliphatic heterocycles. The fraction of sp³-hybridized carbons (Fsp3) is 0.231. The molecule has 0 radical (unpaired) electrons. The quantitative estimate of drug-likeness (QED) is 0.494. The Morgan fingerprint density at radius 1 is 1.06 bits per heavy atom. The fourth-order valence-electron chi connectivity index (χ4n) is 4.32. The van der Waals surface area contributed by atoms with Crippen LogP contribution in [0.4, 0.5) is 10.1 Å². The van der Waals surface area contributed by atoms with E-state index < -0.39 is 27.5 Å². The van der Waals surface area contributed by atoms with Gasteiger partial charge < -0.3 is 14.4 Å².